The molecule has 0 saturated heterocycles. The van der Waals surface area contributed by atoms with Crippen molar-refractivity contribution in [3.63, 3.8) is 0 Å². The molecule has 0 atom stereocenters. The molecule has 0 aliphatic carbocycles. The summed E-state index contributed by atoms with van der Waals surface area (Å²) in [5.41, 5.74) is 0. The number of phosphoric acid groups is 1. The second-order valence-corrected chi connectivity index (χ2v) is 7.87. The van der Waals surface area contributed by atoms with Crippen LogP contribution in [0.25, 0.3) is 0 Å². The normalized spacial score (nSPS) is 10.6. The fourth-order valence-corrected chi connectivity index (χ4v) is 3.20. The van der Waals surface area contributed by atoms with E-state index in [1.54, 1.807) is 0 Å². The van der Waals surface area contributed by atoms with Crippen molar-refractivity contribution >= 4 is 77.0 Å². The Morgan fingerprint density at radius 2 is 0.885 bits per heavy atom. The Bertz CT molecular complexity index is 314. The van der Waals surface area contributed by atoms with E-state index < -0.39 is 7.82 Å². The van der Waals surface area contributed by atoms with Crippen LogP contribution in [0.2, 0.25) is 0 Å². The largest absolute Gasteiger partial charge is 2.00 e. The van der Waals surface area contributed by atoms with E-state index in [-0.39, 0.29) is 84.3 Å². The molecule has 2 N–H and O–H groups in total. The Morgan fingerprint density at radius 1 is 0.615 bits per heavy atom. The van der Waals surface area contributed by atoms with Crippen LogP contribution in [-0.4, -0.2) is 85.6 Å². The fraction of sp³-hybridized carbons (Fsp3) is 1.00. The van der Waals surface area contributed by atoms with Crippen LogP contribution in [0.1, 0.15) is 118 Å². The molecule has 0 aliphatic heterocycles. The average molecular weight is 429 g/mol. The van der Waals surface area contributed by atoms with Gasteiger partial charge < -0.3 is 18.3 Å². The Hall–Kier alpha value is 2.41. The molecule has 0 amide bonds. The van der Waals surface area contributed by atoms with Gasteiger partial charge in [-0.25, -0.2) is 4.57 Å². The van der Waals surface area contributed by atoms with Crippen molar-refractivity contribution in [2.75, 3.05) is 6.61 Å². The molecule has 0 unspecified atom stereocenters. The first-order valence-electron chi connectivity index (χ1n) is 9.76. The third kappa shape index (κ3) is 34.0. The molecule has 0 radical (unpaired) electrons. The zero-order chi connectivity index (χ0) is 17.2. The molecule has 0 aromatic carbocycles. The number of hydrogen-bond donors (Lipinski definition) is 2. The van der Waals surface area contributed by atoms with E-state index in [1.165, 1.54) is 83.5 Å². The Morgan fingerprint density at radius 3 is 1.15 bits per heavy atom. The summed E-state index contributed by atoms with van der Waals surface area (Å²) in [4.78, 5) is 17.1. The molecular formula is C18H45Mg3O4P. The molecule has 0 fully saturated rings. The molecule has 0 aromatic heterocycles. The van der Waals surface area contributed by atoms with Gasteiger partial charge in [-0.1, -0.05) is 103 Å². The Labute approximate surface area is 219 Å². The summed E-state index contributed by atoms with van der Waals surface area (Å²) in [6.45, 7) is 2.43. The van der Waals surface area contributed by atoms with Gasteiger partial charge in [-0.15, -0.1) is 0 Å². The van der Waals surface area contributed by atoms with Crippen molar-refractivity contribution in [1.82, 2.24) is 0 Å². The first-order chi connectivity index (χ1) is 11.1. The maximum absolute atomic E-state index is 10.5. The molecule has 0 aliphatic rings. The minimum absolute atomic E-state index is 0. The first-order valence-corrected chi connectivity index (χ1v) is 11.3. The molecular weight excluding hydrogens is 384 g/mol. The number of rotatable bonds is 18. The SMILES string of the molecule is CCCCCCCCCCCCCCCCCCOP(=O)(O)O.[H-].[H-].[H-].[H-].[H-].[H-].[Mg+2].[Mg+2].[Mg+2]. The van der Waals surface area contributed by atoms with Gasteiger partial charge in [0.25, 0.3) is 0 Å². The smallest absolute Gasteiger partial charge is 1.00 e. The summed E-state index contributed by atoms with van der Waals surface area (Å²) in [6.07, 6.45) is 20.7. The summed E-state index contributed by atoms with van der Waals surface area (Å²) in [5, 5.41) is 0. The van der Waals surface area contributed by atoms with Gasteiger partial charge in [0.2, 0.25) is 0 Å². The van der Waals surface area contributed by atoms with Gasteiger partial charge in [0, 0.05) is 0 Å². The molecule has 0 saturated carbocycles. The molecule has 0 heterocycles. The Kier molecular flexibility index (Phi) is 37.8. The monoisotopic (exact) mass is 428 g/mol. The molecule has 0 rings (SSSR count). The van der Waals surface area contributed by atoms with E-state index in [4.69, 9.17) is 9.79 Å². The van der Waals surface area contributed by atoms with Crippen LogP contribution in [0.5, 0.6) is 0 Å². The van der Waals surface area contributed by atoms with E-state index in [0.717, 1.165) is 19.3 Å². The van der Waals surface area contributed by atoms with Crippen LogP contribution in [0.15, 0.2) is 0 Å². The van der Waals surface area contributed by atoms with Gasteiger partial charge in [0.05, 0.1) is 6.61 Å². The maximum Gasteiger partial charge on any atom is 2.00 e. The molecule has 8 heteroatoms. The number of phosphoric ester groups is 1. The second kappa shape index (κ2) is 27.4. The zero-order valence-electron chi connectivity index (χ0n) is 23.3. The minimum Gasteiger partial charge on any atom is -1.00 e. The first kappa shape index (κ1) is 35.8. The number of hydrogen-bond acceptors (Lipinski definition) is 2. The molecule has 0 aromatic rings. The van der Waals surface area contributed by atoms with Crippen LogP contribution in [0, 0.1) is 0 Å². The van der Waals surface area contributed by atoms with E-state index in [9.17, 15) is 4.57 Å². The Balaban J connectivity index is -0.0000000672. The van der Waals surface area contributed by atoms with Crippen LogP contribution < -0.4 is 0 Å². The van der Waals surface area contributed by atoms with Crippen molar-refractivity contribution in [2.24, 2.45) is 0 Å². The summed E-state index contributed by atoms with van der Waals surface area (Å²) < 4.78 is 14.9. The third-order valence-electron chi connectivity index (χ3n) is 4.26. The predicted molar refractivity (Wildman–Crippen MR) is 121 cm³/mol. The summed E-state index contributed by atoms with van der Waals surface area (Å²) >= 11 is 0. The average Bonchev–Trinajstić information content (AvgIpc) is 2.49. The standard InChI is InChI=1S/C18H39O4P.3Mg.6H/c1-2-3-4-5-6-7-8-9-10-11-12-13-14-15-16-17-18-22-23(19,20)21;;;;;;;;;/h2-18H2,1H3,(H2,19,20,21);;;;;;;;;/q;3*+2;6*-1. The number of unbranched alkanes of at least 4 members (excludes halogenated alkanes) is 15. The van der Waals surface area contributed by atoms with Crippen molar-refractivity contribution < 1.29 is 27.4 Å². The summed E-state index contributed by atoms with van der Waals surface area (Å²) in [6, 6.07) is 0. The van der Waals surface area contributed by atoms with Crippen LogP contribution in [0.4, 0.5) is 0 Å². The predicted octanol–water partition coefficient (Wildman–Crippen LogP) is 5.89. The molecule has 0 bridgehead atoms. The van der Waals surface area contributed by atoms with Gasteiger partial charge >= 0.3 is 77.0 Å². The van der Waals surface area contributed by atoms with Gasteiger partial charge in [0.1, 0.15) is 0 Å². The quantitative estimate of drug-likeness (QED) is 0.162. The van der Waals surface area contributed by atoms with E-state index in [1.807, 2.05) is 0 Å². The van der Waals surface area contributed by atoms with Crippen LogP contribution in [0.3, 0.4) is 0 Å². The summed E-state index contributed by atoms with van der Waals surface area (Å²) in [5.74, 6) is 0. The fourth-order valence-electron chi connectivity index (χ4n) is 2.83. The second-order valence-electron chi connectivity index (χ2n) is 6.63. The van der Waals surface area contributed by atoms with Gasteiger partial charge in [-0.2, -0.15) is 0 Å². The summed E-state index contributed by atoms with van der Waals surface area (Å²) in [7, 11) is -4.26. The molecule has 4 nitrogen and oxygen atoms in total. The minimum atomic E-state index is -4.26. The van der Waals surface area contributed by atoms with Crippen molar-refractivity contribution in [1.29, 1.82) is 0 Å². The third-order valence-corrected chi connectivity index (χ3v) is 4.78. The zero-order valence-corrected chi connectivity index (χ0v) is 22.4. The van der Waals surface area contributed by atoms with E-state index in [2.05, 4.69) is 11.4 Å². The maximum atomic E-state index is 10.5. The topological polar surface area (TPSA) is 66.8 Å². The van der Waals surface area contributed by atoms with Crippen LogP contribution >= 0.6 is 7.82 Å². The van der Waals surface area contributed by atoms with Gasteiger partial charge in [-0.3, -0.25) is 4.52 Å². The van der Waals surface area contributed by atoms with Crippen molar-refractivity contribution in [3.05, 3.63) is 0 Å². The van der Waals surface area contributed by atoms with Gasteiger partial charge in [-0.05, 0) is 6.42 Å². The molecule has 152 valence electrons. The van der Waals surface area contributed by atoms with E-state index in [0.29, 0.717) is 0 Å². The van der Waals surface area contributed by atoms with Crippen LogP contribution in [-0.2, 0) is 9.09 Å². The van der Waals surface area contributed by atoms with Crippen molar-refractivity contribution in [3.8, 4) is 0 Å². The van der Waals surface area contributed by atoms with Crippen molar-refractivity contribution in [2.45, 2.75) is 110 Å². The van der Waals surface area contributed by atoms with E-state index >= 15 is 0 Å². The molecule has 26 heavy (non-hydrogen) atoms. The molecule has 0 spiro atoms. The van der Waals surface area contributed by atoms with Gasteiger partial charge in [0.15, 0.2) is 0 Å².